The van der Waals surface area contributed by atoms with Crippen molar-refractivity contribution in [2.24, 2.45) is 4.99 Å². The van der Waals surface area contributed by atoms with Crippen LogP contribution in [0.15, 0.2) is 80.3 Å². The first-order valence-electron chi connectivity index (χ1n) is 8.84. The Labute approximate surface area is 175 Å². The van der Waals surface area contributed by atoms with Gasteiger partial charge in [0.05, 0.1) is 15.1 Å². The Hall–Kier alpha value is -3.30. The molecule has 0 atom stereocenters. The zero-order chi connectivity index (χ0) is 21.5. The monoisotopic (exact) mass is 440 g/mol. The third-order valence-electron chi connectivity index (χ3n) is 4.46. The first-order chi connectivity index (χ1) is 14.3. The van der Waals surface area contributed by atoms with Gasteiger partial charge in [-0.3, -0.25) is 4.79 Å². The number of aromatic nitrogens is 1. The van der Waals surface area contributed by atoms with E-state index in [0.717, 1.165) is 17.6 Å². The summed E-state index contributed by atoms with van der Waals surface area (Å²) >= 11 is 1.16. The molecule has 0 spiro atoms. The SMILES string of the molecule is C=CCn1c(=NC(=O)c2cc3ccccc3oc2=O)sc2cc(S(C)(=O)=O)ccc21. The molecule has 0 bridgehead atoms. The number of hydrogen-bond donors (Lipinski definition) is 0. The fraction of sp³-hybridized carbons (Fsp3) is 0.0952. The molecule has 7 nitrogen and oxygen atoms in total. The number of para-hydroxylation sites is 1. The maximum Gasteiger partial charge on any atom is 0.349 e. The molecule has 2 aromatic carbocycles. The van der Waals surface area contributed by atoms with E-state index in [2.05, 4.69) is 11.6 Å². The first kappa shape index (κ1) is 20.0. The summed E-state index contributed by atoms with van der Waals surface area (Å²) in [5.41, 5.74) is 0.159. The Balaban J connectivity index is 1.90. The number of amides is 1. The number of hydrogen-bond acceptors (Lipinski definition) is 6. The van der Waals surface area contributed by atoms with Gasteiger partial charge >= 0.3 is 5.63 Å². The van der Waals surface area contributed by atoms with Crippen LogP contribution < -0.4 is 10.4 Å². The lowest BCUT2D eigenvalue weighted by molar-refractivity contribution is 0.0994. The molecule has 4 aromatic rings. The average molecular weight is 441 g/mol. The molecule has 2 heterocycles. The Morgan fingerprint density at radius 1 is 1.23 bits per heavy atom. The Morgan fingerprint density at radius 2 is 2.00 bits per heavy atom. The van der Waals surface area contributed by atoms with Crippen LogP contribution >= 0.6 is 11.3 Å². The molecule has 0 aliphatic carbocycles. The van der Waals surface area contributed by atoms with Gasteiger partial charge in [-0.15, -0.1) is 6.58 Å². The topological polar surface area (TPSA) is 98.7 Å². The molecule has 30 heavy (non-hydrogen) atoms. The summed E-state index contributed by atoms with van der Waals surface area (Å²) in [5, 5.41) is 0.615. The van der Waals surface area contributed by atoms with Crippen molar-refractivity contribution in [1.82, 2.24) is 4.57 Å². The minimum absolute atomic E-state index is 0.173. The zero-order valence-corrected chi connectivity index (χ0v) is 17.5. The van der Waals surface area contributed by atoms with Crippen LogP contribution in [0.2, 0.25) is 0 Å². The summed E-state index contributed by atoms with van der Waals surface area (Å²) in [6, 6.07) is 13.1. The van der Waals surface area contributed by atoms with E-state index in [0.29, 0.717) is 32.5 Å². The van der Waals surface area contributed by atoms with E-state index in [4.69, 9.17) is 4.42 Å². The van der Waals surface area contributed by atoms with Crippen molar-refractivity contribution >= 4 is 48.3 Å². The summed E-state index contributed by atoms with van der Waals surface area (Å²) < 4.78 is 31.3. The van der Waals surface area contributed by atoms with Crippen LogP contribution in [0.5, 0.6) is 0 Å². The predicted octanol–water partition coefficient (Wildman–Crippen LogP) is 3.14. The molecular formula is C21H16N2O5S2. The Bertz CT molecular complexity index is 1560. The van der Waals surface area contributed by atoms with Crippen LogP contribution in [-0.4, -0.2) is 25.1 Å². The molecule has 4 rings (SSSR count). The molecule has 0 radical (unpaired) electrons. The van der Waals surface area contributed by atoms with E-state index in [1.54, 1.807) is 47.0 Å². The van der Waals surface area contributed by atoms with Crippen LogP contribution in [0.1, 0.15) is 10.4 Å². The summed E-state index contributed by atoms with van der Waals surface area (Å²) in [6.45, 7) is 4.08. The number of fused-ring (bicyclic) bond motifs is 2. The molecule has 2 aromatic heterocycles. The van der Waals surface area contributed by atoms with Crippen LogP contribution in [-0.2, 0) is 16.4 Å². The lowest BCUT2D eigenvalue weighted by atomic mass is 10.2. The highest BCUT2D eigenvalue weighted by molar-refractivity contribution is 7.90. The fourth-order valence-corrected chi connectivity index (χ4v) is 4.83. The van der Waals surface area contributed by atoms with E-state index in [1.807, 2.05) is 0 Å². The van der Waals surface area contributed by atoms with Crippen LogP contribution in [0.4, 0.5) is 0 Å². The van der Waals surface area contributed by atoms with Crippen LogP contribution in [0.25, 0.3) is 21.2 Å². The second-order valence-corrected chi connectivity index (χ2v) is 9.61. The quantitative estimate of drug-likeness (QED) is 0.359. The maximum absolute atomic E-state index is 12.8. The largest absolute Gasteiger partial charge is 0.422 e. The molecule has 0 saturated heterocycles. The van der Waals surface area contributed by atoms with Gasteiger partial charge in [-0.2, -0.15) is 4.99 Å². The van der Waals surface area contributed by atoms with Gasteiger partial charge in [-0.25, -0.2) is 13.2 Å². The summed E-state index contributed by atoms with van der Waals surface area (Å²) in [6.07, 6.45) is 2.78. The van der Waals surface area contributed by atoms with E-state index < -0.39 is 21.4 Å². The molecule has 0 aliphatic heterocycles. The van der Waals surface area contributed by atoms with Crippen molar-refractivity contribution in [1.29, 1.82) is 0 Å². The molecule has 152 valence electrons. The van der Waals surface area contributed by atoms with Gasteiger partial charge in [0.1, 0.15) is 11.1 Å². The average Bonchev–Trinajstić information content (AvgIpc) is 3.03. The molecule has 0 aliphatic rings. The summed E-state index contributed by atoms with van der Waals surface area (Å²) in [4.78, 5) is 29.7. The summed E-state index contributed by atoms with van der Waals surface area (Å²) in [7, 11) is -3.38. The highest BCUT2D eigenvalue weighted by Crippen LogP contribution is 2.22. The van der Waals surface area contributed by atoms with E-state index >= 15 is 0 Å². The Kier molecular flexibility index (Phi) is 5.00. The number of sulfone groups is 1. The number of carbonyl (C=O) groups excluding carboxylic acids is 1. The lowest BCUT2D eigenvalue weighted by Crippen LogP contribution is -2.19. The third kappa shape index (κ3) is 3.64. The first-order valence-corrected chi connectivity index (χ1v) is 11.5. The maximum atomic E-state index is 12.8. The van der Waals surface area contributed by atoms with Gasteiger partial charge in [0.2, 0.25) is 0 Å². The third-order valence-corrected chi connectivity index (χ3v) is 6.61. The standard InChI is InChI=1S/C21H16N2O5S2/c1-3-10-23-16-9-8-14(30(2,26)27)12-18(16)29-21(23)22-19(24)15-11-13-6-4-5-7-17(13)28-20(15)25/h3-9,11-12H,1,10H2,2H3. The van der Waals surface area contributed by atoms with Crippen molar-refractivity contribution in [2.75, 3.05) is 6.26 Å². The predicted molar refractivity (Wildman–Crippen MR) is 115 cm³/mol. The van der Waals surface area contributed by atoms with Crippen molar-refractivity contribution in [3.63, 3.8) is 0 Å². The zero-order valence-electron chi connectivity index (χ0n) is 15.9. The number of carbonyl (C=O) groups is 1. The van der Waals surface area contributed by atoms with Gasteiger partial charge in [0.25, 0.3) is 5.91 Å². The molecular weight excluding hydrogens is 424 g/mol. The van der Waals surface area contributed by atoms with E-state index in [1.165, 1.54) is 12.1 Å². The van der Waals surface area contributed by atoms with Gasteiger partial charge < -0.3 is 8.98 Å². The van der Waals surface area contributed by atoms with Crippen molar-refractivity contribution in [3.05, 3.63) is 82.0 Å². The van der Waals surface area contributed by atoms with Crippen molar-refractivity contribution in [2.45, 2.75) is 11.4 Å². The number of allylic oxidation sites excluding steroid dienone is 1. The smallest absolute Gasteiger partial charge is 0.349 e. The van der Waals surface area contributed by atoms with Crippen LogP contribution in [0.3, 0.4) is 0 Å². The fourth-order valence-electron chi connectivity index (χ4n) is 3.03. The molecule has 0 unspecified atom stereocenters. The van der Waals surface area contributed by atoms with Gasteiger partial charge in [-0.1, -0.05) is 35.6 Å². The molecule has 9 heteroatoms. The molecule has 0 fully saturated rings. The van der Waals surface area contributed by atoms with Gasteiger partial charge in [-0.05, 0) is 30.3 Å². The second kappa shape index (κ2) is 7.51. The normalized spacial score (nSPS) is 12.5. The van der Waals surface area contributed by atoms with Crippen molar-refractivity contribution in [3.8, 4) is 0 Å². The molecule has 0 N–H and O–H groups in total. The van der Waals surface area contributed by atoms with E-state index in [9.17, 15) is 18.0 Å². The number of thiazole rings is 1. The number of rotatable bonds is 4. The second-order valence-electron chi connectivity index (χ2n) is 6.59. The highest BCUT2D eigenvalue weighted by atomic mass is 32.2. The van der Waals surface area contributed by atoms with Gasteiger partial charge in [0, 0.05) is 18.2 Å². The highest BCUT2D eigenvalue weighted by Gasteiger charge is 2.16. The number of nitrogens with zero attached hydrogens (tertiary/aromatic N) is 2. The van der Waals surface area contributed by atoms with Crippen molar-refractivity contribution < 1.29 is 17.6 Å². The van der Waals surface area contributed by atoms with Crippen LogP contribution in [0, 0.1) is 0 Å². The molecule has 0 saturated carbocycles. The Morgan fingerprint density at radius 3 is 2.73 bits per heavy atom. The van der Waals surface area contributed by atoms with Gasteiger partial charge in [0.15, 0.2) is 14.6 Å². The minimum atomic E-state index is -3.38. The minimum Gasteiger partial charge on any atom is -0.422 e. The lowest BCUT2D eigenvalue weighted by Gasteiger charge is -2.02. The van der Waals surface area contributed by atoms with E-state index in [-0.39, 0.29) is 10.5 Å². The number of benzene rings is 2. The molecule has 1 amide bonds. The summed E-state index contributed by atoms with van der Waals surface area (Å²) in [5.74, 6) is -0.734.